The zero-order valence-corrected chi connectivity index (χ0v) is 71.2. The highest BCUT2D eigenvalue weighted by Gasteiger charge is 2.54. The average molecular weight is 1620 g/mol. The minimum atomic E-state index is -1.99. The molecular formula is C96H163NO18. The maximum atomic E-state index is 13.5. The molecule has 17 atom stereocenters. The van der Waals surface area contributed by atoms with Gasteiger partial charge in [-0.3, -0.25) is 4.79 Å². The number of aliphatic hydroxyl groups is 11. The van der Waals surface area contributed by atoms with Gasteiger partial charge in [0.15, 0.2) is 18.9 Å². The number of rotatable bonds is 72. The van der Waals surface area contributed by atoms with Crippen molar-refractivity contribution < 1.29 is 89.4 Å². The van der Waals surface area contributed by atoms with Crippen molar-refractivity contribution >= 4 is 5.91 Å². The Labute approximate surface area is 695 Å². The molecule has 19 nitrogen and oxygen atoms in total. The topological polar surface area (TPSA) is 307 Å². The van der Waals surface area contributed by atoms with Gasteiger partial charge >= 0.3 is 0 Å². The van der Waals surface area contributed by atoms with Crippen LogP contribution in [0.2, 0.25) is 0 Å². The van der Waals surface area contributed by atoms with Crippen molar-refractivity contribution in [1.82, 2.24) is 5.32 Å². The summed E-state index contributed by atoms with van der Waals surface area (Å²) in [5.41, 5.74) is 0. The first-order chi connectivity index (χ1) is 56.3. The number of ether oxygens (including phenoxy) is 6. The summed E-state index contributed by atoms with van der Waals surface area (Å²) in [6.45, 7) is 1.62. The van der Waals surface area contributed by atoms with Gasteiger partial charge < -0.3 is 89.9 Å². The molecule has 1 amide bonds. The van der Waals surface area contributed by atoms with E-state index in [0.29, 0.717) is 12.8 Å². The normalized spacial score (nSPS) is 25.3. The molecule has 3 rings (SSSR count). The molecule has 12 N–H and O–H groups in total. The van der Waals surface area contributed by atoms with E-state index in [1.165, 1.54) is 173 Å². The third-order valence-electron chi connectivity index (χ3n) is 21.6. The Hall–Kier alpha value is -4.33. The predicted octanol–water partition coefficient (Wildman–Crippen LogP) is 17.7. The summed E-state index contributed by atoms with van der Waals surface area (Å²) < 4.78 is 34.5. The van der Waals surface area contributed by atoms with Gasteiger partial charge in [-0.25, -0.2) is 0 Å². The lowest BCUT2D eigenvalue weighted by molar-refractivity contribution is -0.379. The number of amides is 1. The van der Waals surface area contributed by atoms with Crippen molar-refractivity contribution in [2.45, 2.75) is 426 Å². The maximum Gasteiger partial charge on any atom is 0.220 e. The molecule has 0 saturated carbocycles. The van der Waals surface area contributed by atoms with E-state index in [-0.39, 0.29) is 18.9 Å². The monoisotopic (exact) mass is 1620 g/mol. The summed E-state index contributed by atoms with van der Waals surface area (Å²) in [5.74, 6) is -0.293. The fraction of sp³-hybridized carbons (Fsp3) is 0.740. The Morgan fingerprint density at radius 3 is 0.974 bits per heavy atom. The van der Waals surface area contributed by atoms with Crippen LogP contribution in [0.5, 0.6) is 0 Å². The van der Waals surface area contributed by atoms with Crippen LogP contribution in [0.1, 0.15) is 322 Å². The molecule has 3 saturated heterocycles. The quantitative estimate of drug-likeness (QED) is 0.0199. The second kappa shape index (κ2) is 73.6. The van der Waals surface area contributed by atoms with Crippen LogP contribution in [0.25, 0.3) is 0 Å². The number of allylic oxidation sites excluding steroid dienone is 23. The van der Waals surface area contributed by atoms with Crippen LogP contribution in [0.15, 0.2) is 146 Å². The summed E-state index contributed by atoms with van der Waals surface area (Å²) in [7, 11) is 0. The number of aliphatic hydroxyl groups excluding tert-OH is 11. The van der Waals surface area contributed by atoms with Crippen molar-refractivity contribution in [2.75, 3.05) is 26.4 Å². The number of carbonyl (C=O) groups excluding carboxylic acids is 1. The highest BCUT2D eigenvalue weighted by molar-refractivity contribution is 5.76. The number of nitrogens with one attached hydrogen (secondary N) is 1. The van der Waals surface area contributed by atoms with Crippen molar-refractivity contribution in [3.05, 3.63) is 146 Å². The third-order valence-corrected chi connectivity index (χ3v) is 21.6. The Kier molecular flexibility index (Phi) is 67.1. The summed E-state index contributed by atoms with van der Waals surface area (Å²) in [4.78, 5) is 13.5. The van der Waals surface area contributed by atoms with E-state index >= 15 is 0 Å². The van der Waals surface area contributed by atoms with Crippen LogP contribution in [-0.2, 0) is 33.2 Å². The molecule has 0 aliphatic carbocycles. The van der Waals surface area contributed by atoms with E-state index in [2.05, 4.69) is 153 Å². The first kappa shape index (κ1) is 105. The van der Waals surface area contributed by atoms with Crippen LogP contribution < -0.4 is 5.32 Å². The summed E-state index contributed by atoms with van der Waals surface area (Å²) >= 11 is 0. The number of unbranched alkanes of at least 4 members (excludes halogenated alkanes) is 34. The van der Waals surface area contributed by atoms with Crippen molar-refractivity contribution in [1.29, 1.82) is 0 Å². The summed E-state index contributed by atoms with van der Waals surface area (Å²) in [6.07, 6.45) is 81.3. The van der Waals surface area contributed by atoms with Crippen LogP contribution in [0, 0.1) is 0 Å². The number of carbonyl (C=O) groups is 1. The Morgan fingerprint density at radius 2 is 0.609 bits per heavy atom. The molecule has 0 radical (unpaired) electrons. The van der Waals surface area contributed by atoms with Gasteiger partial charge in [-0.1, -0.05) is 346 Å². The molecule has 17 unspecified atom stereocenters. The lowest BCUT2D eigenvalue weighted by atomic mass is 9.96. The predicted molar refractivity (Wildman–Crippen MR) is 466 cm³/mol. The van der Waals surface area contributed by atoms with E-state index in [4.69, 9.17) is 28.4 Å². The Bertz CT molecular complexity index is 2650. The van der Waals surface area contributed by atoms with E-state index < -0.39 is 124 Å². The Morgan fingerprint density at radius 1 is 0.322 bits per heavy atom. The average Bonchev–Trinajstić information content (AvgIpc) is 0.778. The van der Waals surface area contributed by atoms with Crippen LogP contribution in [0.4, 0.5) is 0 Å². The van der Waals surface area contributed by atoms with Gasteiger partial charge in [0, 0.05) is 6.42 Å². The maximum absolute atomic E-state index is 13.5. The van der Waals surface area contributed by atoms with Crippen molar-refractivity contribution in [3.8, 4) is 0 Å². The molecule has 0 aromatic heterocycles. The zero-order chi connectivity index (χ0) is 83.1. The summed E-state index contributed by atoms with van der Waals surface area (Å²) in [5, 5.41) is 121. The molecule has 3 heterocycles. The van der Waals surface area contributed by atoms with Gasteiger partial charge in [-0.15, -0.1) is 0 Å². The van der Waals surface area contributed by atoms with E-state index in [9.17, 15) is 61.0 Å². The second-order valence-electron chi connectivity index (χ2n) is 31.7. The largest absolute Gasteiger partial charge is 0.394 e. The molecule has 0 aromatic carbocycles. The van der Waals surface area contributed by atoms with Gasteiger partial charge in [-0.2, -0.15) is 0 Å². The minimum Gasteiger partial charge on any atom is -0.394 e. The second-order valence-corrected chi connectivity index (χ2v) is 31.7. The molecule has 0 bridgehead atoms. The lowest BCUT2D eigenvalue weighted by Gasteiger charge is -2.48. The fourth-order valence-electron chi connectivity index (χ4n) is 14.4. The van der Waals surface area contributed by atoms with E-state index in [1.54, 1.807) is 6.08 Å². The standard InChI is InChI=1S/C96H163NO18/c1-3-5-7-9-11-13-15-17-19-21-23-25-27-29-31-33-34-35-36-37-38-39-40-41-42-43-44-46-48-50-52-54-56-58-60-62-64-66-68-70-72-74-84(102)97-79(80(101)73-71-69-67-65-63-61-59-57-55-53-51-49-47-45-32-30-28-26-24-22-20-18-16-14-12-10-8-6-4-2)78-110-94-90(108)87(105)92(82(76-99)112-94)115-96-91(109)88(106)93(83(77-100)113-96)114-95-89(107)86(104)85(103)81(75-98)111-95/h5,7,11,13,17,19,23,25,29,31,34-35,37-38,40-41,43-44,55,57,63,65,71,73,79-83,85-96,98-101,103-109H,3-4,6,8-10,12,14-16,18,20-22,24,26-28,30,32-33,36,39,42,45-54,56,58-62,64,66-70,72,74-78H2,1-2H3,(H,97,102)/b7-5-,13-11-,19-17-,25-23-,31-29-,35-34-,38-37-,41-40-,44-43-,57-55+,65-63+,73-71+. The van der Waals surface area contributed by atoms with Gasteiger partial charge in [0.25, 0.3) is 0 Å². The van der Waals surface area contributed by atoms with Crippen LogP contribution in [-0.4, -0.2) is 193 Å². The van der Waals surface area contributed by atoms with Crippen LogP contribution in [0.3, 0.4) is 0 Å². The third kappa shape index (κ3) is 51.8. The highest BCUT2D eigenvalue weighted by atomic mass is 16.8. The molecule has 0 spiro atoms. The van der Waals surface area contributed by atoms with Gasteiger partial charge in [0.1, 0.15) is 73.2 Å². The number of hydrogen-bond acceptors (Lipinski definition) is 18. The van der Waals surface area contributed by atoms with Gasteiger partial charge in [-0.05, 0) is 116 Å². The number of hydrogen-bond donors (Lipinski definition) is 12. The highest BCUT2D eigenvalue weighted by Crippen LogP contribution is 2.33. The molecule has 3 aliphatic rings. The first-order valence-corrected chi connectivity index (χ1v) is 45.6. The fourth-order valence-corrected chi connectivity index (χ4v) is 14.4. The molecule has 115 heavy (non-hydrogen) atoms. The lowest BCUT2D eigenvalue weighted by Crippen LogP contribution is -2.66. The Balaban J connectivity index is 1.34. The van der Waals surface area contributed by atoms with E-state index in [0.717, 1.165) is 116 Å². The molecule has 3 aliphatic heterocycles. The van der Waals surface area contributed by atoms with Gasteiger partial charge in [0.2, 0.25) is 5.91 Å². The van der Waals surface area contributed by atoms with Crippen molar-refractivity contribution in [2.24, 2.45) is 0 Å². The molecule has 3 fully saturated rings. The van der Waals surface area contributed by atoms with Crippen molar-refractivity contribution in [3.63, 3.8) is 0 Å². The van der Waals surface area contributed by atoms with E-state index in [1.807, 2.05) is 6.08 Å². The molecule has 19 heteroatoms. The van der Waals surface area contributed by atoms with Gasteiger partial charge in [0.05, 0.1) is 38.6 Å². The smallest absolute Gasteiger partial charge is 0.220 e. The zero-order valence-electron chi connectivity index (χ0n) is 71.2. The SMILES string of the molecule is CC/C=C\C/C=C\C/C=C\C/C=C\C/C=C\C/C=C\C/C=C\C/C=C\C/C=C\CCCCCCCCCCCCCCCC(=O)NC(COC1OC(CO)C(OC2OC(CO)C(OC3OC(CO)C(O)C(O)C3O)C(O)C2O)C(O)C1O)C(O)/C=C/CC/C=C/CC/C=C/CCCCCCCCCCCCCCCCCCCCC. The molecule has 660 valence electrons. The minimum absolute atomic E-state index is 0.223. The summed E-state index contributed by atoms with van der Waals surface area (Å²) in [6, 6.07) is -1.01. The van der Waals surface area contributed by atoms with Crippen LogP contribution >= 0.6 is 0 Å². The molecular weight excluding hydrogens is 1460 g/mol. The molecule has 0 aromatic rings. The first-order valence-electron chi connectivity index (χ1n) is 45.6.